The Balaban J connectivity index is 1.25. The summed E-state index contributed by atoms with van der Waals surface area (Å²) < 4.78 is 88.6. The molecule has 0 N–H and O–H groups in total. The molecule has 10 rings (SSSR count). The Hall–Kier alpha value is -7.57. The summed E-state index contributed by atoms with van der Waals surface area (Å²) in [4.78, 5) is 3.91. The molecule has 0 atom stereocenters. The van der Waals surface area contributed by atoms with Crippen molar-refractivity contribution < 1.29 is 26.3 Å². The minimum absolute atomic E-state index is 0.0768. The van der Waals surface area contributed by atoms with Crippen LogP contribution in [0.15, 0.2) is 164 Å². The van der Waals surface area contributed by atoms with Crippen molar-refractivity contribution in [2.75, 3.05) is 0 Å². The molecule has 0 bridgehead atoms. The third kappa shape index (κ3) is 6.29. The van der Waals surface area contributed by atoms with Crippen LogP contribution in [-0.2, 0) is 12.4 Å². The van der Waals surface area contributed by atoms with Crippen molar-refractivity contribution in [3.05, 3.63) is 197 Å². The largest absolute Gasteiger partial charge is 0.417 e. The normalized spacial score (nSPS) is 12.2. The average Bonchev–Trinajstić information content (AvgIpc) is 3.77. The number of aromatic nitrogens is 2. The molecule has 0 unspecified atom stereocenters. The third-order valence-electron chi connectivity index (χ3n) is 11.8. The second-order valence-electron chi connectivity index (χ2n) is 15.6. The van der Waals surface area contributed by atoms with Crippen LogP contribution in [0.2, 0.25) is 0 Å². The average molecular weight is 826 g/mol. The van der Waals surface area contributed by atoms with E-state index in [4.69, 9.17) is 6.57 Å². The van der Waals surface area contributed by atoms with E-state index in [2.05, 4.69) is 14.0 Å². The minimum Gasteiger partial charge on any atom is -0.309 e. The first-order valence-corrected chi connectivity index (χ1v) is 19.8. The van der Waals surface area contributed by atoms with Gasteiger partial charge in [0, 0.05) is 27.2 Å². The van der Waals surface area contributed by atoms with E-state index in [0.29, 0.717) is 44.6 Å². The Morgan fingerprint density at radius 2 is 1.03 bits per heavy atom. The summed E-state index contributed by atoms with van der Waals surface area (Å²) in [6, 6.07) is 48.7. The van der Waals surface area contributed by atoms with Crippen molar-refractivity contribution in [2.45, 2.75) is 26.2 Å². The summed E-state index contributed by atoms with van der Waals surface area (Å²) in [5.74, 6) is 0. The summed E-state index contributed by atoms with van der Waals surface area (Å²) in [6.45, 7) is 11.5. The Kier molecular flexibility index (Phi) is 8.89. The predicted octanol–water partition coefficient (Wildman–Crippen LogP) is 16.1. The number of nitrogens with zero attached hydrogens (tertiary/aromatic N) is 3. The monoisotopic (exact) mass is 825 g/mol. The molecule has 0 aliphatic carbocycles. The highest BCUT2D eigenvalue weighted by molar-refractivity contribution is 6.12. The number of hydrogen-bond acceptors (Lipinski definition) is 0. The highest BCUT2D eigenvalue weighted by Gasteiger charge is 2.34. The van der Waals surface area contributed by atoms with Gasteiger partial charge in [-0.15, -0.1) is 0 Å². The van der Waals surface area contributed by atoms with E-state index in [9.17, 15) is 26.3 Å². The van der Waals surface area contributed by atoms with Crippen molar-refractivity contribution in [3.8, 4) is 44.8 Å². The van der Waals surface area contributed by atoms with Gasteiger partial charge in [0.05, 0.1) is 45.5 Å². The standard InChI is InChI=1S/C53H33F6N3/c1-31-16-21-38(45(26-31)53(57,58)59)34-18-23-43-41-12-6-9-15-48(41)62(51(43)29-34)49-25-20-36(30-44(49)39-10-4-7-13-46(39)60-3)61-47-14-8-5-11-40(47)42-22-17-33(28-50(42)61)37-24-19-35(27-32(37)2)52(54,55)56/h4-30H,1-2H3. The molecule has 0 aliphatic heterocycles. The van der Waals surface area contributed by atoms with Crippen molar-refractivity contribution >= 4 is 49.3 Å². The van der Waals surface area contributed by atoms with Crippen LogP contribution in [0.5, 0.6) is 0 Å². The maximum atomic E-state index is 14.5. The van der Waals surface area contributed by atoms with Crippen LogP contribution in [0.25, 0.3) is 93.2 Å². The van der Waals surface area contributed by atoms with Crippen molar-refractivity contribution in [2.24, 2.45) is 0 Å². The molecule has 0 radical (unpaired) electrons. The van der Waals surface area contributed by atoms with Crippen LogP contribution in [0.3, 0.4) is 0 Å². The Labute approximate surface area is 352 Å². The highest BCUT2D eigenvalue weighted by Crippen LogP contribution is 2.45. The first-order chi connectivity index (χ1) is 29.8. The van der Waals surface area contributed by atoms with Crippen LogP contribution < -0.4 is 0 Å². The van der Waals surface area contributed by atoms with Gasteiger partial charge < -0.3 is 9.13 Å². The lowest BCUT2D eigenvalue weighted by atomic mass is 9.96. The molecule has 0 spiro atoms. The molecule has 9 heteroatoms. The first-order valence-electron chi connectivity index (χ1n) is 19.8. The number of aryl methyl sites for hydroxylation is 2. The number of halogens is 6. The Morgan fingerprint density at radius 1 is 0.452 bits per heavy atom. The molecule has 0 amide bonds. The van der Waals surface area contributed by atoms with Crippen molar-refractivity contribution in [3.63, 3.8) is 0 Å². The molecule has 0 fully saturated rings. The second kappa shape index (κ2) is 14.3. The van der Waals surface area contributed by atoms with E-state index in [1.165, 1.54) is 24.3 Å². The summed E-state index contributed by atoms with van der Waals surface area (Å²) in [5.41, 5.74) is 8.07. The van der Waals surface area contributed by atoms with Crippen LogP contribution in [0, 0.1) is 20.4 Å². The van der Waals surface area contributed by atoms with Gasteiger partial charge in [-0.1, -0.05) is 109 Å². The van der Waals surface area contributed by atoms with Crippen LogP contribution in [0.1, 0.15) is 22.3 Å². The third-order valence-corrected chi connectivity index (χ3v) is 11.8. The summed E-state index contributed by atoms with van der Waals surface area (Å²) in [6.07, 6.45) is -9.03. The zero-order valence-electron chi connectivity index (χ0n) is 33.2. The number of alkyl halides is 6. The van der Waals surface area contributed by atoms with Crippen molar-refractivity contribution in [1.82, 2.24) is 9.13 Å². The first kappa shape index (κ1) is 38.6. The summed E-state index contributed by atoms with van der Waals surface area (Å²) >= 11 is 0. The Bertz CT molecular complexity index is 3490. The quantitative estimate of drug-likeness (QED) is 0.121. The van der Waals surface area contributed by atoms with Gasteiger partial charge >= 0.3 is 12.4 Å². The summed E-state index contributed by atoms with van der Waals surface area (Å²) in [7, 11) is 0. The lowest BCUT2D eigenvalue weighted by Gasteiger charge is -2.19. The molecule has 62 heavy (non-hydrogen) atoms. The number of benzene rings is 8. The molecule has 10 aromatic rings. The number of hydrogen-bond donors (Lipinski definition) is 0. The zero-order chi connectivity index (χ0) is 43.1. The zero-order valence-corrected chi connectivity index (χ0v) is 33.2. The van der Waals surface area contributed by atoms with Gasteiger partial charge in [0.15, 0.2) is 5.69 Å². The van der Waals surface area contributed by atoms with E-state index in [1.807, 2.05) is 115 Å². The molecule has 2 aromatic heterocycles. The van der Waals surface area contributed by atoms with E-state index in [-0.39, 0.29) is 5.56 Å². The van der Waals surface area contributed by atoms with Crippen LogP contribution in [-0.4, -0.2) is 9.13 Å². The van der Waals surface area contributed by atoms with Gasteiger partial charge in [-0.2, -0.15) is 26.3 Å². The number of para-hydroxylation sites is 3. The fourth-order valence-electron chi connectivity index (χ4n) is 8.99. The lowest BCUT2D eigenvalue weighted by Crippen LogP contribution is -2.07. The molecule has 0 saturated carbocycles. The van der Waals surface area contributed by atoms with Crippen LogP contribution in [0.4, 0.5) is 32.0 Å². The molecule has 0 aliphatic rings. The molecular weight excluding hydrogens is 793 g/mol. The van der Waals surface area contributed by atoms with Gasteiger partial charge in [-0.3, -0.25) is 0 Å². The second-order valence-corrected chi connectivity index (χ2v) is 15.6. The SMILES string of the molecule is [C-]#[N+]c1ccccc1-c1cc(-n2c3ccccc3c3ccc(-c4ccc(C(F)(F)F)cc4C)cc32)ccc1-n1c2ccccc2c2ccc(-c3ccc(C)cc3C(F)(F)F)cc21. The van der Waals surface area contributed by atoms with Gasteiger partial charge in [0.25, 0.3) is 0 Å². The maximum Gasteiger partial charge on any atom is 0.417 e. The van der Waals surface area contributed by atoms with E-state index in [0.717, 1.165) is 61.1 Å². The molecule has 8 aromatic carbocycles. The van der Waals surface area contributed by atoms with Crippen LogP contribution >= 0.6 is 0 Å². The molecular formula is C53H33F6N3. The van der Waals surface area contributed by atoms with Gasteiger partial charge in [0.2, 0.25) is 0 Å². The molecule has 2 heterocycles. The maximum absolute atomic E-state index is 14.5. The fraction of sp³-hybridized carbons (Fsp3) is 0.0755. The molecule has 302 valence electrons. The van der Waals surface area contributed by atoms with Gasteiger partial charge in [0.1, 0.15) is 0 Å². The fourth-order valence-corrected chi connectivity index (χ4v) is 8.99. The molecule has 3 nitrogen and oxygen atoms in total. The van der Waals surface area contributed by atoms with E-state index < -0.39 is 23.5 Å². The van der Waals surface area contributed by atoms with Gasteiger partial charge in [-0.05, 0) is 113 Å². The number of fused-ring (bicyclic) bond motifs is 6. The minimum atomic E-state index is -4.57. The summed E-state index contributed by atoms with van der Waals surface area (Å²) in [5, 5.41) is 3.70. The van der Waals surface area contributed by atoms with Crippen molar-refractivity contribution in [1.29, 1.82) is 0 Å². The van der Waals surface area contributed by atoms with E-state index in [1.54, 1.807) is 32.0 Å². The topological polar surface area (TPSA) is 14.2 Å². The van der Waals surface area contributed by atoms with E-state index >= 15 is 0 Å². The predicted molar refractivity (Wildman–Crippen MR) is 237 cm³/mol. The lowest BCUT2D eigenvalue weighted by molar-refractivity contribution is -0.138. The van der Waals surface area contributed by atoms with Gasteiger partial charge in [-0.25, -0.2) is 4.85 Å². The smallest absolute Gasteiger partial charge is 0.309 e. The molecule has 0 saturated heterocycles. The Morgan fingerprint density at radius 3 is 1.68 bits per heavy atom. The number of rotatable bonds is 5. The highest BCUT2D eigenvalue weighted by atomic mass is 19.4.